The number of methoxy groups -OCH3 is 1. The zero-order valence-corrected chi connectivity index (χ0v) is 12.0. The van der Waals surface area contributed by atoms with Gasteiger partial charge in [0.05, 0.1) is 12.0 Å². The number of aliphatic imine (C=N–C) groups is 1. The van der Waals surface area contributed by atoms with E-state index in [4.69, 9.17) is 9.15 Å². The van der Waals surface area contributed by atoms with E-state index in [-0.39, 0.29) is 23.0 Å². The fraction of sp³-hybridized carbons (Fsp3) is 0.0667. The Labute approximate surface area is 129 Å². The summed E-state index contributed by atoms with van der Waals surface area (Å²) in [7, 11) is 1.54. The van der Waals surface area contributed by atoms with Gasteiger partial charge in [-0.1, -0.05) is 0 Å². The minimum atomic E-state index is -0.553. The number of ether oxygens (including phenoxy) is 1. The van der Waals surface area contributed by atoms with Crippen molar-refractivity contribution in [2.75, 3.05) is 7.11 Å². The number of oxazole rings is 1. The van der Waals surface area contributed by atoms with Crippen LogP contribution in [0.2, 0.25) is 0 Å². The molecule has 0 unspecified atom stereocenters. The fourth-order valence-electron chi connectivity index (χ4n) is 1.96. The van der Waals surface area contributed by atoms with Crippen LogP contribution in [-0.4, -0.2) is 28.3 Å². The van der Waals surface area contributed by atoms with E-state index in [0.29, 0.717) is 16.8 Å². The molecule has 116 valence electrons. The number of non-ortho nitro benzene ring substituents is 1. The van der Waals surface area contributed by atoms with Gasteiger partial charge in [-0.3, -0.25) is 10.1 Å². The lowest BCUT2D eigenvalue weighted by molar-refractivity contribution is -0.384. The number of phenolic OH excluding ortho intramolecular Hbond substituents is 1. The van der Waals surface area contributed by atoms with Crippen molar-refractivity contribution < 1.29 is 19.2 Å². The Kier molecular flexibility index (Phi) is 3.63. The van der Waals surface area contributed by atoms with Crippen LogP contribution in [-0.2, 0) is 0 Å². The maximum absolute atomic E-state index is 10.8. The summed E-state index contributed by atoms with van der Waals surface area (Å²) in [5.74, 6) is 0.498. The smallest absolute Gasteiger partial charge is 0.322 e. The molecule has 1 N–H and O–H groups in total. The summed E-state index contributed by atoms with van der Waals surface area (Å²) in [6.45, 7) is 0. The number of aromatic nitrogens is 1. The molecule has 3 rings (SSSR count). The lowest BCUT2D eigenvalue weighted by Gasteiger charge is -1.97. The number of fused-ring (bicyclic) bond motifs is 1. The van der Waals surface area contributed by atoms with E-state index in [9.17, 15) is 15.2 Å². The van der Waals surface area contributed by atoms with E-state index < -0.39 is 4.92 Å². The van der Waals surface area contributed by atoms with Crippen molar-refractivity contribution in [3.8, 4) is 11.5 Å². The molecule has 0 fully saturated rings. The molecule has 1 heterocycles. The average molecular weight is 313 g/mol. The van der Waals surface area contributed by atoms with Gasteiger partial charge in [-0.15, -0.1) is 0 Å². The molecule has 8 heteroatoms. The molecular weight excluding hydrogens is 302 g/mol. The predicted molar refractivity (Wildman–Crippen MR) is 82.6 cm³/mol. The number of nitrogens with zero attached hydrogens (tertiary/aromatic N) is 3. The maximum Gasteiger partial charge on any atom is 0.322 e. The van der Waals surface area contributed by atoms with Crippen LogP contribution in [0.15, 0.2) is 45.8 Å². The van der Waals surface area contributed by atoms with Crippen molar-refractivity contribution in [1.82, 2.24) is 4.98 Å². The molecule has 0 amide bonds. The molecule has 0 aliphatic heterocycles. The highest BCUT2D eigenvalue weighted by molar-refractivity contribution is 5.86. The predicted octanol–water partition coefficient (Wildman–Crippen LogP) is 3.20. The Balaban J connectivity index is 1.93. The molecule has 0 atom stereocenters. The summed E-state index contributed by atoms with van der Waals surface area (Å²) in [6, 6.07) is 8.86. The van der Waals surface area contributed by atoms with Gasteiger partial charge < -0.3 is 14.3 Å². The van der Waals surface area contributed by atoms with Crippen LogP contribution in [0.3, 0.4) is 0 Å². The second kappa shape index (κ2) is 5.76. The third-order valence-electron chi connectivity index (χ3n) is 3.12. The van der Waals surface area contributed by atoms with Gasteiger partial charge in [0.1, 0.15) is 17.0 Å². The number of nitro groups is 1. The van der Waals surface area contributed by atoms with Gasteiger partial charge in [0.25, 0.3) is 5.69 Å². The first-order valence-corrected chi connectivity index (χ1v) is 6.53. The molecule has 0 saturated carbocycles. The number of hydrogen-bond acceptors (Lipinski definition) is 7. The second-order valence-electron chi connectivity index (χ2n) is 4.59. The molecule has 0 bridgehead atoms. The van der Waals surface area contributed by atoms with Crippen molar-refractivity contribution in [3.63, 3.8) is 0 Å². The largest absolute Gasteiger partial charge is 0.507 e. The summed E-state index contributed by atoms with van der Waals surface area (Å²) < 4.78 is 10.5. The number of hydrogen-bond donors (Lipinski definition) is 1. The Bertz CT molecular complexity index is 917. The van der Waals surface area contributed by atoms with Gasteiger partial charge in [0, 0.05) is 30.0 Å². The molecule has 3 aromatic rings. The average Bonchev–Trinajstić information content (AvgIpc) is 2.95. The van der Waals surface area contributed by atoms with E-state index in [1.54, 1.807) is 25.3 Å². The zero-order chi connectivity index (χ0) is 16.4. The van der Waals surface area contributed by atoms with E-state index in [1.807, 2.05) is 0 Å². The highest BCUT2D eigenvalue weighted by Gasteiger charge is 2.10. The first-order chi connectivity index (χ1) is 11.1. The molecular formula is C15H11N3O5. The third kappa shape index (κ3) is 2.95. The SMILES string of the molecule is COc1ccc2nc(N=Cc3cc([N+](=O)[O-])ccc3O)oc2c1. The van der Waals surface area contributed by atoms with E-state index in [0.717, 1.165) is 0 Å². The highest BCUT2D eigenvalue weighted by Crippen LogP contribution is 2.26. The van der Waals surface area contributed by atoms with Crippen molar-refractivity contribution in [1.29, 1.82) is 0 Å². The molecule has 0 radical (unpaired) electrons. The standard InChI is InChI=1S/C15H11N3O5/c1-22-11-3-4-12-14(7-11)23-15(17-12)16-8-9-6-10(18(20)21)2-5-13(9)19/h2-8,19H,1H3. The van der Waals surface area contributed by atoms with E-state index >= 15 is 0 Å². The fourth-order valence-corrected chi connectivity index (χ4v) is 1.96. The van der Waals surface area contributed by atoms with Crippen molar-refractivity contribution in [2.45, 2.75) is 0 Å². The number of benzene rings is 2. The van der Waals surface area contributed by atoms with Crippen LogP contribution in [0, 0.1) is 10.1 Å². The number of phenols is 1. The normalized spacial score (nSPS) is 11.2. The molecule has 0 aliphatic rings. The Morgan fingerprint density at radius 3 is 2.91 bits per heavy atom. The lowest BCUT2D eigenvalue weighted by atomic mass is 10.2. The van der Waals surface area contributed by atoms with Gasteiger partial charge in [0.2, 0.25) is 0 Å². The van der Waals surface area contributed by atoms with Crippen LogP contribution >= 0.6 is 0 Å². The van der Waals surface area contributed by atoms with Gasteiger partial charge in [0.15, 0.2) is 5.58 Å². The van der Waals surface area contributed by atoms with Gasteiger partial charge >= 0.3 is 6.01 Å². The third-order valence-corrected chi connectivity index (χ3v) is 3.12. The molecule has 0 spiro atoms. The summed E-state index contributed by atoms with van der Waals surface area (Å²) in [6.07, 6.45) is 1.25. The van der Waals surface area contributed by atoms with Crippen molar-refractivity contribution in [2.24, 2.45) is 4.99 Å². The molecule has 8 nitrogen and oxygen atoms in total. The molecule has 2 aromatic carbocycles. The molecule has 0 saturated heterocycles. The number of rotatable bonds is 4. The summed E-state index contributed by atoms with van der Waals surface area (Å²) >= 11 is 0. The van der Waals surface area contributed by atoms with Gasteiger partial charge in [-0.25, -0.2) is 4.99 Å². The van der Waals surface area contributed by atoms with Gasteiger partial charge in [-0.05, 0) is 18.2 Å². The van der Waals surface area contributed by atoms with Crippen LogP contribution < -0.4 is 4.74 Å². The number of aromatic hydroxyl groups is 1. The highest BCUT2D eigenvalue weighted by atomic mass is 16.6. The first-order valence-electron chi connectivity index (χ1n) is 6.53. The van der Waals surface area contributed by atoms with Gasteiger partial charge in [-0.2, -0.15) is 4.98 Å². The van der Waals surface area contributed by atoms with Crippen LogP contribution in [0.5, 0.6) is 11.5 Å². The molecule has 0 aliphatic carbocycles. The lowest BCUT2D eigenvalue weighted by Crippen LogP contribution is -1.90. The minimum Gasteiger partial charge on any atom is -0.507 e. The molecule has 23 heavy (non-hydrogen) atoms. The van der Waals surface area contributed by atoms with Crippen LogP contribution in [0.1, 0.15) is 5.56 Å². The van der Waals surface area contributed by atoms with Crippen molar-refractivity contribution >= 4 is 29.0 Å². The first kappa shape index (κ1) is 14.5. The minimum absolute atomic E-state index is 0.0687. The second-order valence-corrected chi connectivity index (χ2v) is 4.59. The zero-order valence-electron chi connectivity index (χ0n) is 12.0. The Hall–Kier alpha value is -3.42. The monoisotopic (exact) mass is 313 g/mol. The number of nitro benzene ring substituents is 1. The van der Waals surface area contributed by atoms with E-state index in [2.05, 4.69) is 9.98 Å². The topological polar surface area (TPSA) is 111 Å². The van der Waals surface area contributed by atoms with E-state index in [1.165, 1.54) is 24.4 Å². The summed E-state index contributed by atoms with van der Waals surface area (Å²) in [5, 5.41) is 20.5. The quantitative estimate of drug-likeness (QED) is 0.450. The Morgan fingerprint density at radius 1 is 1.35 bits per heavy atom. The summed E-state index contributed by atoms with van der Waals surface area (Å²) in [4.78, 5) is 18.4. The van der Waals surface area contributed by atoms with Crippen LogP contribution in [0.25, 0.3) is 11.1 Å². The maximum atomic E-state index is 10.8. The van der Waals surface area contributed by atoms with Crippen molar-refractivity contribution in [3.05, 3.63) is 52.1 Å². The summed E-state index contributed by atoms with van der Waals surface area (Å²) in [5.41, 5.74) is 1.14. The molecule has 1 aromatic heterocycles. The Morgan fingerprint density at radius 2 is 2.17 bits per heavy atom. The van der Waals surface area contributed by atoms with Crippen LogP contribution in [0.4, 0.5) is 11.7 Å².